The summed E-state index contributed by atoms with van der Waals surface area (Å²) in [6.45, 7) is 7.85. The molecule has 1 aromatic rings. The van der Waals surface area contributed by atoms with Crippen molar-refractivity contribution < 1.29 is 5.11 Å². The molecule has 1 aromatic heterocycles. The van der Waals surface area contributed by atoms with E-state index in [4.69, 9.17) is 0 Å². The van der Waals surface area contributed by atoms with Gasteiger partial charge in [0.2, 0.25) is 0 Å². The van der Waals surface area contributed by atoms with E-state index in [1.54, 1.807) is 0 Å². The fourth-order valence-corrected chi connectivity index (χ4v) is 3.66. The van der Waals surface area contributed by atoms with E-state index in [0.29, 0.717) is 12.5 Å². The minimum absolute atomic E-state index is 0.538. The Morgan fingerprint density at radius 2 is 2.14 bits per heavy atom. The molecule has 3 heterocycles. The molecule has 2 aliphatic rings. The number of aromatic nitrogens is 2. The molecule has 0 amide bonds. The number of hydrogen-bond acceptors (Lipinski definition) is 5. The molecule has 0 aliphatic carbocycles. The fraction of sp³-hybridized carbons (Fsp3) is 0.765. The molecule has 5 heteroatoms. The van der Waals surface area contributed by atoms with Crippen LogP contribution in [0, 0.1) is 6.92 Å². The van der Waals surface area contributed by atoms with Crippen LogP contribution in [0.1, 0.15) is 56.5 Å². The van der Waals surface area contributed by atoms with Gasteiger partial charge in [-0.2, -0.15) is 0 Å². The molecule has 3 rings (SSSR count). The van der Waals surface area contributed by atoms with Gasteiger partial charge in [-0.1, -0.05) is 6.92 Å². The quantitative estimate of drug-likeness (QED) is 0.894. The third-order valence-corrected chi connectivity index (χ3v) is 5.14. The molecule has 0 unspecified atom stereocenters. The summed E-state index contributed by atoms with van der Waals surface area (Å²) in [5.74, 6) is 2.38. The number of nitrogens with one attached hydrogen (secondary N) is 1. The maximum Gasteiger partial charge on any atom is 0.132 e. The predicted octanol–water partition coefficient (Wildman–Crippen LogP) is 1.99. The molecule has 2 fully saturated rings. The number of anilines is 1. The first kappa shape index (κ1) is 15.7. The highest BCUT2D eigenvalue weighted by Crippen LogP contribution is 2.30. The minimum Gasteiger partial charge on any atom is -0.388 e. The van der Waals surface area contributed by atoms with Gasteiger partial charge in [0, 0.05) is 30.8 Å². The van der Waals surface area contributed by atoms with E-state index in [2.05, 4.69) is 33.2 Å². The Bertz CT molecular complexity index is 515. The zero-order valence-electron chi connectivity index (χ0n) is 13.8. The van der Waals surface area contributed by atoms with Crippen molar-refractivity contribution in [2.24, 2.45) is 0 Å². The Kier molecular flexibility index (Phi) is 4.64. The van der Waals surface area contributed by atoms with Crippen molar-refractivity contribution in [3.63, 3.8) is 0 Å². The first-order valence-corrected chi connectivity index (χ1v) is 8.63. The summed E-state index contributed by atoms with van der Waals surface area (Å²) in [6.07, 6.45) is 5.01. The van der Waals surface area contributed by atoms with Gasteiger partial charge in [0.05, 0.1) is 5.60 Å². The van der Waals surface area contributed by atoms with Gasteiger partial charge in [0.25, 0.3) is 0 Å². The fourth-order valence-electron chi connectivity index (χ4n) is 3.66. The average Bonchev–Trinajstić information content (AvgIpc) is 2.55. The molecule has 0 saturated carbocycles. The monoisotopic (exact) mass is 304 g/mol. The van der Waals surface area contributed by atoms with Crippen molar-refractivity contribution in [1.29, 1.82) is 0 Å². The average molecular weight is 304 g/mol. The van der Waals surface area contributed by atoms with Gasteiger partial charge in [-0.25, -0.2) is 9.97 Å². The van der Waals surface area contributed by atoms with E-state index in [-0.39, 0.29) is 0 Å². The number of β-amino-alcohol motifs (C(OH)–C–C–N with tert-alkyl or cyclic N) is 1. The molecule has 122 valence electrons. The summed E-state index contributed by atoms with van der Waals surface area (Å²) in [7, 11) is 0. The van der Waals surface area contributed by atoms with Gasteiger partial charge in [-0.05, 0) is 52.1 Å². The van der Waals surface area contributed by atoms with Gasteiger partial charge >= 0.3 is 0 Å². The largest absolute Gasteiger partial charge is 0.388 e. The lowest BCUT2D eigenvalue weighted by molar-refractivity contribution is 0.0221. The number of nitrogens with zero attached hydrogens (tertiary/aromatic N) is 3. The summed E-state index contributed by atoms with van der Waals surface area (Å²) in [5, 5.41) is 14.0. The number of aliphatic hydroxyl groups is 1. The minimum atomic E-state index is -0.563. The Hall–Kier alpha value is -1.20. The van der Waals surface area contributed by atoms with Gasteiger partial charge in [0.1, 0.15) is 11.6 Å². The number of rotatable bonds is 3. The molecule has 0 spiro atoms. The lowest BCUT2D eigenvalue weighted by Crippen LogP contribution is -2.48. The second kappa shape index (κ2) is 6.50. The molecular weight excluding hydrogens is 276 g/mol. The highest BCUT2D eigenvalue weighted by Gasteiger charge is 2.32. The third kappa shape index (κ3) is 3.41. The molecule has 2 N–H and O–H groups in total. The number of piperidine rings is 2. The summed E-state index contributed by atoms with van der Waals surface area (Å²) >= 11 is 0. The highest BCUT2D eigenvalue weighted by molar-refractivity contribution is 5.42. The van der Waals surface area contributed by atoms with E-state index in [1.165, 1.54) is 5.69 Å². The molecule has 2 aliphatic heterocycles. The first-order valence-electron chi connectivity index (χ1n) is 8.63. The zero-order valence-corrected chi connectivity index (χ0v) is 13.8. The van der Waals surface area contributed by atoms with Crippen molar-refractivity contribution in [3.8, 4) is 0 Å². The highest BCUT2D eigenvalue weighted by atomic mass is 16.3. The van der Waals surface area contributed by atoms with Crippen LogP contribution in [0.15, 0.2) is 6.07 Å². The summed E-state index contributed by atoms with van der Waals surface area (Å²) in [6, 6.07) is 2.16. The van der Waals surface area contributed by atoms with Crippen molar-refractivity contribution in [2.45, 2.75) is 57.5 Å². The first-order chi connectivity index (χ1) is 10.6. The van der Waals surface area contributed by atoms with E-state index >= 15 is 0 Å². The van der Waals surface area contributed by atoms with Crippen LogP contribution in [0.4, 0.5) is 5.82 Å². The van der Waals surface area contributed by atoms with Crippen LogP contribution in [0.5, 0.6) is 0 Å². The maximum absolute atomic E-state index is 10.6. The van der Waals surface area contributed by atoms with Crippen molar-refractivity contribution in [1.82, 2.24) is 15.3 Å². The van der Waals surface area contributed by atoms with Gasteiger partial charge in [-0.15, -0.1) is 0 Å². The summed E-state index contributed by atoms with van der Waals surface area (Å²) in [4.78, 5) is 11.6. The van der Waals surface area contributed by atoms with E-state index < -0.39 is 5.60 Å². The third-order valence-electron chi connectivity index (χ3n) is 5.14. The molecule has 0 bridgehead atoms. The van der Waals surface area contributed by atoms with Crippen molar-refractivity contribution >= 4 is 5.82 Å². The molecule has 0 radical (unpaired) electrons. The van der Waals surface area contributed by atoms with Crippen LogP contribution in [0.2, 0.25) is 0 Å². The molecular formula is C17H28N4O. The van der Waals surface area contributed by atoms with Crippen LogP contribution in [-0.4, -0.2) is 46.9 Å². The lowest BCUT2D eigenvalue weighted by atomic mass is 9.90. The van der Waals surface area contributed by atoms with E-state index in [0.717, 1.165) is 63.4 Å². The van der Waals surface area contributed by atoms with Crippen LogP contribution >= 0.6 is 0 Å². The summed E-state index contributed by atoms with van der Waals surface area (Å²) < 4.78 is 0. The van der Waals surface area contributed by atoms with Crippen LogP contribution in [-0.2, 0) is 0 Å². The molecule has 2 saturated heterocycles. The van der Waals surface area contributed by atoms with Gasteiger partial charge in [0.15, 0.2) is 0 Å². The topological polar surface area (TPSA) is 61.3 Å². The standard InChI is InChI=1S/C17H28N4O/c1-3-17(22)7-4-10-21(12-17)16-11-15(19-13(2)20-16)14-5-8-18-9-6-14/h11,14,18,22H,3-10,12H2,1-2H3/t17-/m0/s1. The summed E-state index contributed by atoms with van der Waals surface area (Å²) in [5.41, 5.74) is 0.612. The SMILES string of the molecule is CC[C@]1(O)CCCN(c2cc(C3CCNCC3)nc(C)n2)C1. The van der Waals surface area contributed by atoms with Crippen molar-refractivity contribution in [2.75, 3.05) is 31.1 Å². The molecule has 22 heavy (non-hydrogen) atoms. The van der Waals surface area contributed by atoms with Crippen molar-refractivity contribution in [3.05, 3.63) is 17.6 Å². The zero-order chi connectivity index (χ0) is 15.6. The Morgan fingerprint density at radius 1 is 1.36 bits per heavy atom. The molecule has 0 aromatic carbocycles. The maximum atomic E-state index is 10.6. The smallest absolute Gasteiger partial charge is 0.132 e. The second-order valence-corrected chi connectivity index (χ2v) is 6.83. The van der Waals surface area contributed by atoms with E-state index in [9.17, 15) is 5.11 Å². The number of hydrogen-bond donors (Lipinski definition) is 2. The Morgan fingerprint density at radius 3 is 2.86 bits per heavy atom. The van der Waals surface area contributed by atoms with Crippen LogP contribution in [0.3, 0.4) is 0 Å². The Balaban J connectivity index is 1.82. The number of aryl methyl sites for hydroxylation is 1. The Labute approximate surface area is 133 Å². The lowest BCUT2D eigenvalue weighted by Gasteiger charge is -2.39. The molecule has 5 nitrogen and oxygen atoms in total. The van der Waals surface area contributed by atoms with Gasteiger partial charge in [-0.3, -0.25) is 0 Å². The second-order valence-electron chi connectivity index (χ2n) is 6.83. The van der Waals surface area contributed by atoms with Gasteiger partial charge < -0.3 is 15.3 Å². The predicted molar refractivity (Wildman–Crippen MR) is 88.3 cm³/mol. The molecule has 1 atom stereocenters. The van der Waals surface area contributed by atoms with Crippen LogP contribution in [0.25, 0.3) is 0 Å². The van der Waals surface area contributed by atoms with Crippen LogP contribution < -0.4 is 10.2 Å². The van der Waals surface area contributed by atoms with E-state index in [1.807, 2.05) is 6.92 Å². The normalized spacial score (nSPS) is 27.1.